The van der Waals surface area contributed by atoms with Crippen LogP contribution in [0, 0.1) is 12.7 Å². The van der Waals surface area contributed by atoms with Gasteiger partial charge in [0.25, 0.3) is 0 Å². The summed E-state index contributed by atoms with van der Waals surface area (Å²) in [6, 6.07) is 6.01. The molecule has 1 N–H and O–H groups in total. The molecule has 1 aromatic heterocycles. The number of aryl methyl sites for hydroxylation is 2. The summed E-state index contributed by atoms with van der Waals surface area (Å²) in [5.41, 5.74) is 1.22. The molecule has 1 aromatic carbocycles. The second-order valence-corrected chi connectivity index (χ2v) is 3.93. The Hall–Kier alpha value is -2.17. The van der Waals surface area contributed by atoms with E-state index < -0.39 is 5.97 Å². The molecule has 0 atom stereocenters. The highest BCUT2D eigenvalue weighted by molar-refractivity contribution is 5.67. The van der Waals surface area contributed by atoms with E-state index in [1.807, 2.05) is 0 Å². The van der Waals surface area contributed by atoms with E-state index in [-0.39, 0.29) is 18.7 Å². The normalized spacial score (nSPS) is 10.6. The number of aliphatic carboxylic acids is 1. The number of hydrogen-bond donors (Lipinski definition) is 1. The van der Waals surface area contributed by atoms with Gasteiger partial charge in [0, 0.05) is 12.0 Å². The van der Waals surface area contributed by atoms with E-state index in [1.165, 1.54) is 12.1 Å². The van der Waals surface area contributed by atoms with Crippen LogP contribution in [-0.2, 0) is 11.2 Å². The zero-order valence-corrected chi connectivity index (χ0v) is 9.81. The van der Waals surface area contributed by atoms with Crippen LogP contribution in [0.25, 0.3) is 11.3 Å². The van der Waals surface area contributed by atoms with E-state index in [2.05, 4.69) is 4.98 Å². The topological polar surface area (TPSA) is 63.3 Å². The molecule has 5 heteroatoms. The van der Waals surface area contributed by atoms with Gasteiger partial charge in [0.15, 0.2) is 11.7 Å². The third-order valence-corrected chi connectivity index (χ3v) is 2.48. The Labute approximate surface area is 103 Å². The largest absolute Gasteiger partial charge is 0.481 e. The van der Waals surface area contributed by atoms with Gasteiger partial charge in [-0.3, -0.25) is 4.79 Å². The molecule has 0 saturated heterocycles. The molecule has 2 rings (SSSR count). The van der Waals surface area contributed by atoms with E-state index in [9.17, 15) is 9.18 Å². The zero-order valence-electron chi connectivity index (χ0n) is 9.81. The molecule has 0 amide bonds. The molecule has 0 radical (unpaired) electrons. The molecule has 1 heterocycles. The van der Waals surface area contributed by atoms with Gasteiger partial charge in [0.05, 0.1) is 12.1 Å². The average molecular weight is 249 g/mol. The van der Waals surface area contributed by atoms with Crippen LogP contribution in [0.4, 0.5) is 4.39 Å². The van der Waals surface area contributed by atoms with E-state index in [4.69, 9.17) is 9.52 Å². The van der Waals surface area contributed by atoms with Gasteiger partial charge in [-0.05, 0) is 19.1 Å². The smallest absolute Gasteiger partial charge is 0.303 e. The van der Waals surface area contributed by atoms with E-state index in [1.54, 1.807) is 19.1 Å². The lowest BCUT2D eigenvalue weighted by Crippen LogP contribution is -1.97. The van der Waals surface area contributed by atoms with Crippen LogP contribution >= 0.6 is 0 Å². The summed E-state index contributed by atoms with van der Waals surface area (Å²) in [5.74, 6) is -0.419. The summed E-state index contributed by atoms with van der Waals surface area (Å²) in [6.45, 7) is 1.74. The summed E-state index contributed by atoms with van der Waals surface area (Å²) in [4.78, 5) is 14.6. The van der Waals surface area contributed by atoms with Crippen LogP contribution in [0.5, 0.6) is 0 Å². The number of carboxylic acid groups (broad SMARTS) is 1. The first-order chi connectivity index (χ1) is 8.56. The molecule has 18 heavy (non-hydrogen) atoms. The minimum absolute atomic E-state index is 0.0391. The van der Waals surface area contributed by atoms with Crippen LogP contribution in [0.15, 0.2) is 28.7 Å². The number of hydrogen-bond acceptors (Lipinski definition) is 3. The van der Waals surface area contributed by atoms with Crippen molar-refractivity contribution in [3.63, 3.8) is 0 Å². The average Bonchev–Trinajstić information content (AvgIpc) is 2.68. The summed E-state index contributed by atoms with van der Waals surface area (Å²) in [5, 5.41) is 8.59. The van der Waals surface area contributed by atoms with Crippen LogP contribution < -0.4 is 0 Å². The third kappa shape index (κ3) is 2.74. The monoisotopic (exact) mass is 249 g/mol. The van der Waals surface area contributed by atoms with Crippen LogP contribution in [0.1, 0.15) is 18.0 Å². The van der Waals surface area contributed by atoms with Crippen molar-refractivity contribution in [2.45, 2.75) is 19.8 Å². The fraction of sp³-hybridized carbons (Fsp3) is 0.231. The Kier molecular flexibility index (Phi) is 3.41. The quantitative estimate of drug-likeness (QED) is 0.904. The van der Waals surface area contributed by atoms with Crippen LogP contribution in [0.3, 0.4) is 0 Å². The summed E-state index contributed by atoms with van der Waals surface area (Å²) in [6.07, 6.45) is 0.189. The molecule has 0 aliphatic carbocycles. The van der Waals surface area contributed by atoms with Crippen molar-refractivity contribution in [1.82, 2.24) is 4.98 Å². The van der Waals surface area contributed by atoms with Crippen molar-refractivity contribution in [3.05, 3.63) is 41.7 Å². The van der Waals surface area contributed by atoms with Gasteiger partial charge in [0.1, 0.15) is 5.82 Å². The number of benzene rings is 1. The minimum Gasteiger partial charge on any atom is -0.481 e. The van der Waals surface area contributed by atoms with Crippen molar-refractivity contribution in [1.29, 1.82) is 0 Å². The highest BCUT2D eigenvalue weighted by atomic mass is 19.1. The van der Waals surface area contributed by atoms with Gasteiger partial charge in [-0.15, -0.1) is 0 Å². The number of aromatic nitrogens is 1. The predicted molar refractivity (Wildman–Crippen MR) is 62.6 cm³/mol. The van der Waals surface area contributed by atoms with E-state index in [0.717, 1.165) is 0 Å². The Balaban J connectivity index is 2.26. The molecule has 0 bridgehead atoms. The SMILES string of the molecule is Cc1nc(CCC(=O)O)oc1-c1cccc(F)c1. The molecule has 4 nitrogen and oxygen atoms in total. The van der Waals surface area contributed by atoms with Crippen molar-refractivity contribution < 1.29 is 18.7 Å². The second kappa shape index (κ2) is 5.00. The van der Waals surface area contributed by atoms with Gasteiger partial charge >= 0.3 is 5.97 Å². The van der Waals surface area contributed by atoms with Crippen molar-refractivity contribution in [3.8, 4) is 11.3 Å². The molecule has 0 fully saturated rings. The summed E-state index contributed by atoms with van der Waals surface area (Å²) >= 11 is 0. The molecule has 0 spiro atoms. The lowest BCUT2D eigenvalue weighted by molar-refractivity contribution is -0.137. The standard InChI is InChI=1S/C13H12FNO3/c1-8-13(9-3-2-4-10(14)7-9)18-11(15-8)5-6-12(16)17/h2-4,7H,5-6H2,1H3,(H,16,17). The first-order valence-electron chi connectivity index (χ1n) is 5.50. The number of carbonyl (C=O) groups is 1. The molecule has 0 aliphatic rings. The van der Waals surface area contributed by atoms with Crippen LogP contribution in [0.2, 0.25) is 0 Å². The molecule has 94 valence electrons. The lowest BCUT2D eigenvalue weighted by Gasteiger charge is -1.97. The molecular formula is C13H12FNO3. The zero-order chi connectivity index (χ0) is 13.1. The number of carboxylic acids is 1. The highest BCUT2D eigenvalue weighted by Crippen LogP contribution is 2.25. The van der Waals surface area contributed by atoms with E-state index >= 15 is 0 Å². The Morgan fingerprint density at radius 1 is 1.50 bits per heavy atom. The number of rotatable bonds is 4. The van der Waals surface area contributed by atoms with Crippen molar-refractivity contribution >= 4 is 5.97 Å². The van der Waals surface area contributed by atoms with Gasteiger partial charge in [0.2, 0.25) is 0 Å². The number of oxazole rings is 1. The lowest BCUT2D eigenvalue weighted by atomic mass is 10.1. The Morgan fingerprint density at radius 2 is 2.28 bits per heavy atom. The van der Waals surface area contributed by atoms with Crippen LogP contribution in [-0.4, -0.2) is 16.1 Å². The first-order valence-corrected chi connectivity index (χ1v) is 5.50. The third-order valence-electron chi connectivity index (χ3n) is 2.48. The molecule has 0 aliphatic heterocycles. The maximum atomic E-state index is 13.1. The van der Waals surface area contributed by atoms with E-state index in [0.29, 0.717) is 22.9 Å². The minimum atomic E-state index is -0.904. The molecular weight excluding hydrogens is 237 g/mol. The fourth-order valence-electron chi connectivity index (χ4n) is 1.67. The Morgan fingerprint density at radius 3 is 2.94 bits per heavy atom. The van der Waals surface area contributed by atoms with Gasteiger partial charge in [-0.25, -0.2) is 9.37 Å². The van der Waals surface area contributed by atoms with Gasteiger partial charge in [-0.1, -0.05) is 12.1 Å². The van der Waals surface area contributed by atoms with Crippen molar-refractivity contribution in [2.75, 3.05) is 0 Å². The second-order valence-electron chi connectivity index (χ2n) is 3.93. The summed E-state index contributed by atoms with van der Waals surface area (Å²) < 4.78 is 18.6. The molecule has 0 unspecified atom stereocenters. The van der Waals surface area contributed by atoms with Gasteiger partial charge in [-0.2, -0.15) is 0 Å². The molecule has 2 aromatic rings. The van der Waals surface area contributed by atoms with Gasteiger partial charge < -0.3 is 9.52 Å². The first kappa shape index (κ1) is 12.3. The number of halogens is 1. The fourth-order valence-corrected chi connectivity index (χ4v) is 1.67. The maximum Gasteiger partial charge on any atom is 0.303 e. The summed E-state index contributed by atoms with van der Waals surface area (Å²) in [7, 11) is 0. The predicted octanol–water partition coefficient (Wildman–Crippen LogP) is 2.81. The Bertz CT molecular complexity index is 577. The highest BCUT2D eigenvalue weighted by Gasteiger charge is 2.13. The van der Waals surface area contributed by atoms with Crippen molar-refractivity contribution in [2.24, 2.45) is 0 Å². The number of nitrogens with zero attached hydrogens (tertiary/aromatic N) is 1. The molecule has 0 saturated carbocycles. The maximum absolute atomic E-state index is 13.1.